The molecule has 0 amide bonds. The Labute approximate surface area is 89.5 Å². The molecule has 1 fully saturated rings. The van der Waals surface area contributed by atoms with Crippen molar-refractivity contribution in [3.05, 3.63) is 24.0 Å². The van der Waals surface area contributed by atoms with Crippen molar-refractivity contribution in [1.29, 1.82) is 0 Å². The molecule has 4 nitrogen and oxygen atoms in total. The highest BCUT2D eigenvalue weighted by molar-refractivity contribution is 5.18. The van der Waals surface area contributed by atoms with Crippen molar-refractivity contribution in [2.75, 3.05) is 32.8 Å². The van der Waals surface area contributed by atoms with Gasteiger partial charge >= 0.3 is 0 Å². The van der Waals surface area contributed by atoms with Crippen LogP contribution in [0.3, 0.4) is 0 Å². The van der Waals surface area contributed by atoms with Gasteiger partial charge in [0.25, 0.3) is 0 Å². The fourth-order valence-electron chi connectivity index (χ4n) is 1.66. The smallest absolute Gasteiger partial charge is 0.133 e. The van der Waals surface area contributed by atoms with Crippen LogP contribution in [0.2, 0.25) is 0 Å². The molecule has 0 aromatic carbocycles. The van der Waals surface area contributed by atoms with Gasteiger partial charge in [0.2, 0.25) is 0 Å². The molecule has 15 heavy (non-hydrogen) atoms. The van der Waals surface area contributed by atoms with Crippen LogP contribution >= 0.6 is 0 Å². The van der Waals surface area contributed by atoms with Crippen molar-refractivity contribution in [3.63, 3.8) is 0 Å². The molecule has 0 aliphatic carbocycles. The zero-order chi connectivity index (χ0) is 10.5. The Morgan fingerprint density at radius 3 is 2.80 bits per heavy atom. The van der Waals surface area contributed by atoms with Crippen LogP contribution in [0.15, 0.2) is 18.3 Å². The maximum atomic E-state index is 9.08. The Bertz CT molecular complexity index is 294. The predicted molar refractivity (Wildman–Crippen MR) is 56.9 cm³/mol. The van der Waals surface area contributed by atoms with Crippen molar-refractivity contribution in [1.82, 2.24) is 9.88 Å². The Kier molecular flexibility index (Phi) is 3.53. The molecule has 1 saturated heterocycles. The summed E-state index contributed by atoms with van der Waals surface area (Å²) >= 11 is 0. The van der Waals surface area contributed by atoms with Crippen molar-refractivity contribution < 1.29 is 9.84 Å². The quantitative estimate of drug-likeness (QED) is 0.792. The largest absolute Gasteiger partial charge is 0.506 e. The summed E-state index contributed by atoms with van der Waals surface area (Å²) in [5, 5.41) is 9.08. The molecule has 0 radical (unpaired) electrons. The lowest BCUT2D eigenvalue weighted by Crippen LogP contribution is -2.37. The fourth-order valence-corrected chi connectivity index (χ4v) is 1.66. The summed E-state index contributed by atoms with van der Waals surface area (Å²) in [6, 6.07) is 3.55. The van der Waals surface area contributed by atoms with Gasteiger partial charge in [-0.3, -0.25) is 9.88 Å². The van der Waals surface area contributed by atoms with Gasteiger partial charge in [-0.25, -0.2) is 0 Å². The second kappa shape index (κ2) is 5.09. The summed E-state index contributed by atoms with van der Waals surface area (Å²) in [6.45, 7) is 4.71. The summed E-state index contributed by atoms with van der Waals surface area (Å²) in [4.78, 5) is 6.53. The van der Waals surface area contributed by atoms with Gasteiger partial charge in [0.15, 0.2) is 0 Å². The molecular weight excluding hydrogens is 192 g/mol. The van der Waals surface area contributed by atoms with Crippen LogP contribution in [0.4, 0.5) is 0 Å². The van der Waals surface area contributed by atoms with Crippen LogP contribution in [0.1, 0.15) is 5.69 Å². The van der Waals surface area contributed by atoms with E-state index in [4.69, 9.17) is 9.84 Å². The van der Waals surface area contributed by atoms with Crippen LogP contribution in [0.25, 0.3) is 0 Å². The molecule has 4 heteroatoms. The lowest BCUT2D eigenvalue weighted by atomic mass is 10.2. The zero-order valence-electron chi connectivity index (χ0n) is 8.72. The Hall–Kier alpha value is -1.13. The molecule has 1 aromatic heterocycles. The van der Waals surface area contributed by atoms with Crippen LogP contribution in [0.5, 0.6) is 5.75 Å². The van der Waals surface area contributed by atoms with E-state index in [9.17, 15) is 0 Å². The fraction of sp³-hybridized carbons (Fsp3) is 0.545. The average molecular weight is 208 g/mol. The molecule has 2 heterocycles. The monoisotopic (exact) mass is 208 g/mol. The van der Waals surface area contributed by atoms with Gasteiger partial charge in [-0.15, -0.1) is 0 Å². The van der Waals surface area contributed by atoms with E-state index in [0.717, 1.165) is 45.0 Å². The van der Waals surface area contributed by atoms with Gasteiger partial charge in [0.1, 0.15) is 5.75 Å². The first-order valence-electron chi connectivity index (χ1n) is 5.28. The number of hydrogen-bond acceptors (Lipinski definition) is 4. The SMILES string of the molecule is Oc1ccc(CCN2CCOCC2)nc1. The van der Waals surface area contributed by atoms with Crippen molar-refractivity contribution in [2.24, 2.45) is 0 Å². The highest BCUT2D eigenvalue weighted by Crippen LogP contribution is 2.07. The predicted octanol–water partition coefficient (Wildman–Crippen LogP) is 0.662. The summed E-state index contributed by atoms with van der Waals surface area (Å²) in [5.74, 6) is 0.227. The Morgan fingerprint density at radius 2 is 2.13 bits per heavy atom. The molecule has 0 spiro atoms. The van der Waals surface area contributed by atoms with Crippen LogP contribution in [-0.2, 0) is 11.2 Å². The zero-order valence-corrected chi connectivity index (χ0v) is 8.72. The lowest BCUT2D eigenvalue weighted by Gasteiger charge is -2.26. The highest BCUT2D eigenvalue weighted by Gasteiger charge is 2.09. The maximum Gasteiger partial charge on any atom is 0.133 e. The first-order chi connectivity index (χ1) is 7.34. The summed E-state index contributed by atoms with van der Waals surface area (Å²) in [6.07, 6.45) is 2.43. The van der Waals surface area contributed by atoms with Crippen LogP contribution < -0.4 is 0 Å². The number of pyridine rings is 1. The van der Waals surface area contributed by atoms with Crippen LogP contribution in [-0.4, -0.2) is 47.8 Å². The van der Waals surface area contributed by atoms with Crippen molar-refractivity contribution in [2.45, 2.75) is 6.42 Å². The number of nitrogens with zero attached hydrogens (tertiary/aromatic N) is 2. The molecule has 1 aliphatic rings. The molecule has 1 N–H and O–H groups in total. The standard InChI is InChI=1S/C11H16N2O2/c14-11-2-1-10(12-9-11)3-4-13-5-7-15-8-6-13/h1-2,9,14H,3-8H2. The minimum absolute atomic E-state index is 0.227. The van der Waals surface area contributed by atoms with Gasteiger partial charge in [-0.1, -0.05) is 0 Å². The molecular formula is C11H16N2O2. The second-order valence-electron chi connectivity index (χ2n) is 3.71. The molecule has 0 saturated carbocycles. The number of ether oxygens (including phenoxy) is 1. The van der Waals surface area contributed by atoms with Gasteiger partial charge in [-0.05, 0) is 12.1 Å². The van der Waals surface area contributed by atoms with E-state index >= 15 is 0 Å². The third kappa shape index (κ3) is 3.18. The van der Waals surface area contributed by atoms with Gasteiger partial charge < -0.3 is 9.84 Å². The van der Waals surface area contributed by atoms with E-state index < -0.39 is 0 Å². The van der Waals surface area contributed by atoms with Gasteiger partial charge in [0, 0.05) is 31.7 Å². The maximum absolute atomic E-state index is 9.08. The molecule has 0 atom stereocenters. The van der Waals surface area contributed by atoms with E-state index in [-0.39, 0.29) is 5.75 Å². The Morgan fingerprint density at radius 1 is 1.33 bits per heavy atom. The topological polar surface area (TPSA) is 45.6 Å². The van der Waals surface area contributed by atoms with E-state index in [1.54, 1.807) is 6.07 Å². The van der Waals surface area contributed by atoms with E-state index in [2.05, 4.69) is 9.88 Å². The minimum atomic E-state index is 0.227. The number of hydrogen-bond donors (Lipinski definition) is 1. The third-order valence-electron chi connectivity index (χ3n) is 2.60. The van der Waals surface area contributed by atoms with Gasteiger partial charge in [0.05, 0.1) is 19.4 Å². The van der Waals surface area contributed by atoms with Crippen molar-refractivity contribution >= 4 is 0 Å². The average Bonchev–Trinajstić information content (AvgIpc) is 2.30. The lowest BCUT2D eigenvalue weighted by molar-refractivity contribution is 0.0383. The Balaban J connectivity index is 1.79. The molecule has 0 bridgehead atoms. The minimum Gasteiger partial charge on any atom is -0.506 e. The number of aromatic nitrogens is 1. The summed E-state index contributed by atoms with van der Waals surface area (Å²) in [7, 11) is 0. The molecule has 1 aliphatic heterocycles. The number of morpholine rings is 1. The first-order valence-corrected chi connectivity index (χ1v) is 5.28. The normalized spacial score (nSPS) is 17.9. The number of aromatic hydroxyl groups is 1. The summed E-state index contributed by atoms with van der Waals surface area (Å²) in [5.41, 5.74) is 1.03. The van der Waals surface area contributed by atoms with Crippen molar-refractivity contribution in [3.8, 4) is 5.75 Å². The molecule has 82 valence electrons. The molecule has 2 rings (SSSR count). The van der Waals surface area contributed by atoms with E-state index in [0.29, 0.717) is 0 Å². The molecule has 0 unspecified atom stereocenters. The molecule has 1 aromatic rings. The van der Waals surface area contributed by atoms with E-state index in [1.807, 2.05) is 6.07 Å². The number of rotatable bonds is 3. The second-order valence-corrected chi connectivity index (χ2v) is 3.71. The van der Waals surface area contributed by atoms with Gasteiger partial charge in [-0.2, -0.15) is 0 Å². The third-order valence-corrected chi connectivity index (χ3v) is 2.60. The highest BCUT2D eigenvalue weighted by atomic mass is 16.5. The summed E-state index contributed by atoms with van der Waals surface area (Å²) < 4.78 is 5.28. The first kappa shape index (κ1) is 10.4. The van der Waals surface area contributed by atoms with E-state index in [1.165, 1.54) is 6.20 Å². The van der Waals surface area contributed by atoms with Crippen LogP contribution in [0, 0.1) is 0 Å².